The molecule has 0 bridgehead atoms. The van der Waals surface area contributed by atoms with E-state index in [4.69, 9.17) is 4.74 Å². The molecule has 0 unspecified atom stereocenters. The Hall–Kier alpha value is -1.82. The number of benzene rings is 1. The van der Waals surface area contributed by atoms with Gasteiger partial charge in [-0.15, -0.1) is 0 Å². The molecule has 1 saturated carbocycles. The molecular weight excluding hydrogens is 345 g/mol. The zero-order valence-electron chi connectivity index (χ0n) is 16.0. The van der Waals surface area contributed by atoms with E-state index in [0.717, 1.165) is 38.2 Å². The standard InChI is InChI=1S/C21H30FN3O2/c22-17-13-18(15-19(14-17)24-9-11-27-12-10-24)23-21(26)25-8-4-7-20(25)16-5-2-1-3-6-16/h13-16,20H,1-12H2,(H,23,26)/t20-/m0/s1. The highest BCUT2D eigenvalue weighted by Gasteiger charge is 2.35. The highest BCUT2D eigenvalue weighted by molar-refractivity contribution is 5.90. The van der Waals surface area contributed by atoms with Crippen molar-refractivity contribution in [3.8, 4) is 0 Å². The van der Waals surface area contributed by atoms with Crippen molar-refractivity contribution in [2.45, 2.75) is 51.0 Å². The molecule has 2 saturated heterocycles. The normalized spacial score (nSPS) is 24.3. The van der Waals surface area contributed by atoms with E-state index in [-0.39, 0.29) is 11.8 Å². The maximum Gasteiger partial charge on any atom is 0.322 e. The van der Waals surface area contributed by atoms with E-state index in [1.165, 1.54) is 44.2 Å². The average Bonchev–Trinajstić information content (AvgIpc) is 3.19. The summed E-state index contributed by atoms with van der Waals surface area (Å²) in [6.45, 7) is 3.59. The van der Waals surface area contributed by atoms with E-state index in [1.54, 1.807) is 0 Å². The van der Waals surface area contributed by atoms with Crippen molar-refractivity contribution in [2.24, 2.45) is 5.92 Å². The lowest BCUT2D eigenvalue weighted by Crippen LogP contribution is -2.43. The third-order valence-corrected chi connectivity index (χ3v) is 6.26. The van der Waals surface area contributed by atoms with Crippen LogP contribution >= 0.6 is 0 Å². The highest BCUT2D eigenvalue weighted by atomic mass is 19.1. The summed E-state index contributed by atoms with van der Waals surface area (Å²) >= 11 is 0. The van der Waals surface area contributed by atoms with Crippen LogP contribution in [-0.4, -0.2) is 49.8 Å². The number of anilines is 2. The second-order valence-electron chi connectivity index (χ2n) is 8.03. The molecule has 2 heterocycles. The number of nitrogens with zero attached hydrogens (tertiary/aromatic N) is 2. The van der Waals surface area contributed by atoms with Crippen molar-refractivity contribution < 1.29 is 13.9 Å². The lowest BCUT2D eigenvalue weighted by Gasteiger charge is -2.34. The largest absolute Gasteiger partial charge is 0.378 e. The van der Waals surface area contributed by atoms with Crippen LogP contribution in [0.3, 0.4) is 0 Å². The Morgan fingerprint density at radius 2 is 1.78 bits per heavy atom. The number of halogens is 1. The summed E-state index contributed by atoms with van der Waals surface area (Å²) in [5, 5.41) is 2.96. The van der Waals surface area contributed by atoms with Crippen LogP contribution in [0.2, 0.25) is 0 Å². The van der Waals surface area contributed by atoms with Gasteiger partial charge in [0.15, 0.2) is 0 Å². The van der Waals surface area contributed by atoms with Crippen LogP contribution in [0, 0.1) is 11.7 Å². The van der Waals surface area contributed by atoms with Crippen molar-refractivity contribution >= 4 is 17.4 Å². The van der Waals surface area contributed by atoms with E-state index in [1.807, 2.05) is 11.0 Å². The first kappa shape index (κ1) is 18.5. The lowest BCUT2D eigenvalue weighted by molar-refractivity contribution is 0.122. The van der Waals surface area contributed by atoms with Crippen molar-refractivity contribution in [3.63, 3.8) is 0 Å². The van der Waals surface area contributed by atoms with E-state index < -0.39 is 0 Å². The number of urea groups is 1. The molecule has 4 rings (SSSR count). The molecule has 1 aliphatic carbocycles. The quantitative estimate of drug-likeness (QED) is 0.859. The van der Waals surface area contributed by atoms with Crippen LogP contribution in [0.4, 0.5) is 20.6 Å². The molecule has 2 aliphatic heterocycles. The summed E-state index contributed by atoms with van der Waals surface area (Å²) < 4.78 is 19.5. The summed E-state index contributed by atoms with van der Waals surface area (Å²) in [4.78, 5) is 17.0. The molecule has 2 amide bonds. The Labute approximate surface area is 160 Å². The van der Waals surface area contributed by atoms with Crippen molar-refractivity contribution in [1.82, 2.24) is 4.90 Å². The van der Waals surface area contributed by atoms with Gasteiger partial charge in [-0.1, -0.05) is 19.3 Å². The molecule has 5 nitrogen and oxygen atoms in total. The Kier molecular flexibility index (Phi) is 5.81. The van der Waals surface area contributed by atoms with Gasteiger partial charge in [-0.3, -0.25) is 0 Å². The molecular formula is C21H30FN3O2. The third kappa shape index (κ3) is 4.37. The van der Waals surface area contributed by atoms with Crippen molar-refractivity contribution in [1.29, 1.82) is 0 Å². The summed E-state index contributed by atoms with van der Waals surface area (Å²) in [5.74, 6) is 0.308. The van der Waals surface area contributed by atoms with Gasteiger partial charge in [-0.2, -0.15) is 0 Å². The highest BCUT2D eigenvalue weighted by Crippen LogP contribution is 2.34. The number of hydrogen-bond acceptors (Lipinski definition) is 3. The van der Waals surface area contributed by atoms with Gasteiger partial charge in [0.05, 0.1) is 13.2 Å². The molecule has 6 heteroatoms. The van der Waals surface area contributed by atoms with Crippen LogP contribution in [-0.2, 0) is 4.74 Å². The second kappa shape index (κ2) is 8.46. The number of hydrogen-bond donors (Lipinski definition) is 1. The van der Waals surface area contributed by atoms with Gasteiger partial charge in [0, 0.05) is 37.1 Å². The predicted molar refractivity (Wildman–Crippen MR) is 105 cm³/mol. The predicted octanol–water partition coefficient (Wildman–Crippen LogP) is 4.24. The molecule has 148 valence electrons. The van der Waals surface area contributed by atoms with Crippen LogP contribution < -0.4 is 10.2 Å². The molecule has 27 heavy (non-hydrogen) atoms. The van der Waals surface area contributed by atoms with Gasteiger partial charge in [0.2, 0.25) is 0 Å². The number of rotatable bonds is 3. The Bertz CT molecular complexity index is 657. The molecule has 0 radical (unpaired) electrons. The molecule has 1 aromatic carbocycles. The van der Waals surface area contributed by atoms with Crippen LogP contribution in [0.25, 0.3) is 0 Å². The third-order valence-electron chi connectivity index (χ3n) is 6.26. The minimum Gasteiger partial charge on any atom is -0.378 e. The molecule has 3 fully saturated rings. The molecule has 1 atom stereocenters. The molecule has 0 aromatic heterocycles. The van der Waals surface area contributed by atoms with Gasteiger partial charge in [0.25, 0.3) is 0 Å². The second-order valence-corrected chi connectivity index (χ2v) is 8.03. The number of morpholine rings is 1. The maximum atomic E-state index is 14.2. The smallest absolute Gasteiger partial charge is 0.322 e. The number of carbonyl (C=O) groups is 1. The van der Waals surface area contributed by atoms with Gasteiger partial charge >= 0.3 is 6.03 Å². The molecule has 1 aromatic rings. The van der Waals surface area contributed by atoms with Crippen LogP contribution in [0.1, 0.15) is 44.9 Å². The van der Waals surface area contributed by atoms with Gasteiger partial charge < -0.3 is 19.9 Å². The van der Waals surface area contributed by atoms with Crippen molar-refractivity contribution in [3.05, 3.63) is 24.0 Å². The molecule has 1 N–H and O–H groups in total. The fraction of sp³-hybridized carbons (Fsp3) is 0.667. The van der Waals surface area contributed by atoms with Gasteiger partial charge in [-0.05, 0) is 49.8 Å². The van der Waals surface area contributed by atoms with Crippen LogP contribution in [0.15, 0.2) is 18.2 Å². The Morgan fingerprint density at radius 3 is 2.56 bits per heavy atom. The molecule has 3 aliphatic rings. The first-order chi connectivity index (χ1) is 13.2. The SMILES string of the molecule is O=C(Nc1cc(F)cc(N2CCOCC2)c1)N1CCC[C@H]1C1CCCCC1. The van der Waals surface area contributed by atoms with Gasteiger partial charge in [0.1, 0.15) is 5.82 Å². The summed E-state index contributed by atoms with van der Waals surface area (Å²) in [6, 6.07) is 5.08. The Balaban J connectivity index is 1.44. The summed E-state index contributed by atoms with van der Waals surface area (Å²) in [5.41, 5.74) is 1.34. The zero-order chi connectivity index (χ0) is 18.6. The zero-order valence-corrected chi connectivity index (χ0v) is 16.0. The Morgan fingerprint density at radius 1 is 1.00 bits per heavy atom. The van der Waals surface area contributed by atoms with E-state index in [9.17, 15) is 9.18 Å². The first-order valence-electron chi connectivity index (χ1n) is 10.4. The lowest BCUT2D eigenvalue weighted by atomic mass is 9.83. The van der Waals surface area contributed by atoms with Crippen LogP contribution in [0.5, 0.6) is 0 Å². The minimum atomic E-state index is -0.320. The number of amides is 2. The number of likely N-dealkylation sites (tertiary alicyclic amines) is 1. The van der Waals surface area contributed by atoms with Gasteiger partial charge in [-0.25, -0.2) is 9.18 Å². The van der Waals surface area contributed by atoms with E-state index >= 15 is 0 Å². The summed E-state index contributed by atoms with van der Waals surface area (Å²) in [6.07, 6.45) is 8.51. The fourth-order valence-electron chi connectivity index (χ4n) is 4.90. The number of ether oxygens (including phenoxy) is 1. The minimum absolute atomic E-state index is 0.0819. The van der Waals surface area contributed by atoms with E-state index in [2.05, 4.69) is 10.2 Å². The summed E-state index contributed by atoms with van der Waals surface area (Å²) in [7, 11) is 0. The van der Waals surface area contributed by atoms with Crippen molar-refractivity contribution in [2.75, 3.05) is 43.1 Å². The monoisotopic (exact) mass is 375 g/mol. The van der Waals surface area contributed by atoms with E-state index in [0.29, 0.717) is 30.9 Å². The average molecular weight is 375 g/mol. The molecule has 0 spiro atoms. The first-order valence-corrected chi connectivity index (χ1v) is 10.4. The maximum absolute atomic E-state index is 14.2. The number of nitrogens with one attached hydrogen (secondary N) is 1. The topological polar surface area (TPSA) is 44.8 Å². The fourth-order valence-corrected chi connectivity index (χ4v) is 4.90. The number of carbonyl (C=O) groups excluding carboxylic acids is 1.